The smallest absolute Gasteiger partial charge is 0.124 e. The van der Waals surface area contributed by atoms with E-state index in [-0.39, 0.29) is 6.04 Å². The third kappa shape index (κ3) is 2.82. The highest BCUT2D eigenvalue weighted by atomic mass is 16.5. The summed E-state index contributed by atoms with van der Waals surface area (Å²) in [6, 6.07) is 6.41. The third-order valence-electron chi connectivity index (χ3n) is 4.57. The molecule has 4 nitrogen and oxygen atoms in total. The van der Waals surface area contributed by atoms with Crippen LogP contribution >= 0.6 is 0 Å². The molecule has 2 aliphatic heterocycles. The Labute approximate surface area is 121 Å². The number of rotatable bonds is 2. The van der Waals surface area contributed by atoms with E-state index in [2.05, 4.69) is 42.0 Å². The van der Waals surface area contributed by atoms with Crippen LogP contribution in [-0.2, 0) is 0 Å². The van der Waals surface area contributed by atoms with Crippen LogP contribution in [0.3, 0.4) is 0 Å². The Morgan fingerprint density at radius 2 is 2.00 bits per heavy atom. The molecule has 2 N–H and O–H groups in total. The molecule has 1 fully saturated rings. The summed E-state index contributed by atoms with van der Waals surface area (Å²) in [6.07, 6.45) is 0. The number of hydrogen-bond acceptors (Lipinski definition) is 4. The minimum atomic E-state index is 0.0957. The Bertz CT molecular complexity index is 469. The maximum absolute atomic E-state index is 6.49. The van der Waals surface area contributed by atoms with E-state index in [0.29, 0.717) is 5.92 Å². The first-order chi connectivity index (χ1) is 9.63. The van der Waals surface area contributed by atoms with Gasteiger partial charge in [0, 0.05) is 50.2 Å². The van der Waals surface area contributed by atoms with E-state index in [1.165, 1.54) is 11.1 Å². The molecular weight excluding hydrogens is 250 g/mol. The molecule has 4 heteroatoms. The lowest BCUT2D eigenvalue weighted by molar-refractivity contribution is 0.0997. The molecule has 0 amide bonds. The molecule has 1 aromatic carbocycles. The van der Waals surface area contributed by atoms with E-state index in [1.54, 1.807) is 0 Å². The van der Waals surface area contributed by atoms with Crippen molar-refractivity contribution in [3.8, 4) is 5.75 Å². The number of likely N-dealkylation sites (N-methyl/N-ethyl adjacent to an activating group) is 1. The van der Waals surface area contributed by atoms with Gasteiger partial charge in [-0.3, -0.25) is 0 Å². The summed E-state index contributed by atoms with van der Waals surface area (Å²) < 4.78 is 5.91. The second kappa shape index (κ2) is 5.72. The molecule has 2 aliphatic rings. The number of hydrogen-bond donors (Lipinski definition) is 1. The zero-order valence-corrected chi connectivity index (χ0v) is 12.5. The minimum absolute atomic E-state index is 0.0957. The summed E-state index contributed by atoms with van der Waals surface area (Å²) in [5.74, 6) is 1.37. The van der Waals surface area contributed by atoms with Crippen molar-refractivity contribution in [2.24, 2.45) is 11.7 Å². The maximum atomic E-state index is 6.49. The van der Waals surface area contributed by atoms with E-state index in [0.717, 1.165) is 45.1 Å². The van der Waals surface area contributed by atoms with Gasteiger partial charge in [-0.05, 0) is 20.0 Å². The highest BCUT2D eigenvalue weighted by Gasteiger charge is 2.30. The number of ether oxygens (including phenoxy) is 1. The summed E-state index contributed by atoms with van der Waals surface area (Å²) in [7, 11) is 2.19. The van der Waals surface area contributed by atoms with Gasteiger partial charge in [0.25, 0.3) is 0 Å². The lowest BCUT2D eigenvalue weighted by Crippen LogP contribution is -2.48. The fourth-order valence-electron chi connectivity index (χ4n) is 3.14. The predicted molar refractivity (Wildman–Crippen MR) is 81.0 cm³/mol. The number of benzene rings is 1. The SMILES string of the molecule is Cc1ccc2c(c1)C(N)C(CN1CCN(C)CC1)CO2. The zero-order valence-electron chi connectivity index (χ0n) is 12.5. The van der Waals surface area contributed by atoms with Gasteiger partial charge in [-0.15, -0.1) is 0 Å². The Morgan fingerprint density at radius 3 is 2.75 bits per heavy atom. The average Bonchev–Trinajstić information content (AvgIpc) is 2.45. The molecule has 0 saturated carbocycles. The number of nitrogens with zero attached hydrogens (tertiary/aromatic N) is 2. The molecule has 2 unspecified atom stereocenters. The Hall–Kier alpha value is -1.10. The summed E-state index contributed by atoms with van der Waals surface area (Å²) in [5, 5.41) is 0. The monoisotopic (exact) mass is 275 g/mol. The van der Waals surface area contributed by atoms with Crippen molar-refractivity contribution >= 4 is 0 Å². The van der Waals surface area contributed by atoms with Crippen molar-refractivity contribution in [2.75, 3.05) is 46.4 Å². The normalized spacial score (nSPS) is 27.9. The van der Waals surface area contributed by atoms with Crippen LogP contribution in [0.5, 0.6) is 5.75 Å². The van der Waals surface area contributed by atoms with Crippen molar-refractivity contribution in [3.05, 3.63) is 29.3 Å². The molecule has 1 saturated heterocycles. The van der Waals surface area contributed by atoms with E-state index < -0.39 is 0 Å². The van der Waals surface area contributed by atoms with Crippen molar-refractivity contribution in [3.63, 3.8) is 0 Å². The van der Waals surface area contributed by atoms with E-state index in [4.69, 9.17) is 10.5 Å². The number of piperazine rings is 1. The molecule has 0 aromatic heterocycles. The van der Waals surface area contributed by atoms with Crippen LogP contribution in [0.25, 0.3) is 0 Å². The Kier molecular flexibility index (Phi) is 3.96. The van der Waals surface area contributed by atoms with E-state index >= 15 is 0 Å². The van der Waals surface area contributed by atoms with Gasteiger partial charge in [0.1, 0.15) is 5.75 Å². The van der Waals surface area contributed by atoms with E-state index in [1.807, 2.05) is 0 Å². The molecule has 0 spiro atoms. The third-order valence-corrected chi connectivity index (χ3v) is 4.57. The summed E-state index contributed by atoms with van der Waals surface area (Å²) in [5.41, 5.74) is 8.92. The van der Waals surface area contributed by atoms with Gasteiger partial charge in [0.05, 0.1) is 6.61 Å². The highest BCUT2D eigenvalue weighted by Crippen LogP contribution is 2.34. The van der Waals surface area contributed by atoms with Crippen LogP contribution in [-0.4, -0.2) is 56.2 Å². The maximum Gasteiger partial charge on any atom is 0.124 e. The molecule has 0 radical (unpaired) electrons. The van der Waals surface area contributed by atoms with Crippen LogP contribution in [0.15, 0.2) is 18.2 Å². The van der Waals surface area contributed by atoms with Crippen molar-refractivity contribution < 1.29 is 4.74 Å². The van der Waals surface area contributed by atoms with Crippen LogP contribution in [0.1, 0.15) is 17.2 Å². The topological polar surface area (TPSA) is 41.7 Å². The lowest BCUT2D eigenvalue weighted by Gasteiger charge is -2.38. The van der Waals surface area contributed by atoms with Gasteiger partial charge in [-0.25, -0.2) is 0 Å². The summed E-state index contributed by atoms with van der Waals surface area (Å²) >= 11 is 0. The van der Waals surface area contributed by atoms with Crippen molar-refractivity contribution in [1.29, 1.82) is 0 Å². The molecule has 3 rings (SSSR count). The second-order valence-corrected chi connectivity index (χ2v) is 6.24. The van der Waals surface area contributed by atoms with Crippen LogP contribution in [0.2, 0.25) is 0 Å². The van der Waals surface area contributed by atoms with Crippen LogP contribution in [0, 0.1) is 12.8 Å². The van der Waals surface area contributed by atoms with Gasteiger partial charge >= 0.3 is 0 Å². The molecule has 2 heterocycles. The average molecular weight is 275 g/mol. The highest BCUT2D eigenvalue weighted by molar-refractivity contribution is 5.40. The first-order valence-electron chi connectivity index (χ1n) is 7.53. The van der Waals surface area contributed by atoms with Crippen molar-refractivity contribution in [2.45, 2.75) is 13.0 Å². The first-order valence-corrected chi connectivity index (χ1v) is 7.53. The van der Waals surface area contributed by atoms with Gasteiger partial charge in [-0.1, -0.05) is 17.7 Å². The molecule has 0 bridgehead atoms. The molecule has 1 aromatic rings. The fourth-order valence-corrected chi connectivity index (χ4v) is 3.14. The molecular formula is C16H25N3O. The van der Waals surface area contributed by atoms with Gasteiger partial charge in [-0.2, -0.15) is 0 Å². The summed E-state index contributed by atoms with van der Waals surface area (Å²) in [6.45, 7) is 8.47. The summed E-state index contributed by atoms with van der Waals surface area (Å²) in [4.78, 5) is 4.90. The van der Waals surface area contributed by atoms with E-state index in [9.17, 15) is 0 Å². The molecule has 0 aliphatic carbocycles. The first kappa shape index (κ1) is 13.9. The largest absolute Gasteiger partial charge is 0.493 e. The van der Waals surface area contributed by atoms with Crippen LogP contribution in [0.4, 0.5) is 0 Å². The number of fused-ring (bicyclic) bond motifs is 1. The Balaban J connectivity index is 1.67. The molecule has 2 atom stereocenters. The van der Waals surface area contributed by atoms with Gasteiger partial charge in [0.2, 0.25) is 0 Å². The number of aryl methyl sites for hydroxylation is 1. The number of nitrogens with two attached hydrogens (primary N) is 1. The van der Waals surface area contributed by atoms with Gasteiger partial charge < -0.3 is 20.3 Å². The predicted octanol–water partition coefficient (Wildman–Crippen LogP) is 1.25. The minimum Gasteiger partial charge on any atom is -0.493 e. The molecule has 110 valence electrons. The Morgan fingerprint density at radius 1 is 1.25 bits per heavy atom. The standard InChI is InChI=1S/C16H25N3O/c1-12-3-4-15-14(9-12)16(17)13(11-20-15)10-19-7-5-18(2)6-8-19/h3-4,9,13,16H,5-8,10-11,17H2,1-2H3. The molecule has 20 heavy (non-hydrogen) atoms. The second-order valence-electron chi connectivity index (χ2n) is 6.24. The van der Waals surface area contributed by atoms with Gasteiger partial charge in [0.15, 0.2) is 0 Å². The van der Waals surface area contributed by atoms with Crippen LogP contribution < -0.4 is 10.5 Å². The fraction of sp³-hybridized carbons (Fsp3) is 0.625. The lowest BCUT2D eigenvalue weighted by atomic mass is 9.90. The van der Waals surface area contributed by atoms with Crippen molar-refractivity contribution in [1.82, 2.24) is 9.80 Å². The zero-order chi connectivity index (χ0) is 14.1. The quantitative estimate of drug-likeness (QED) is 0.882.